The second kappa shape index (κ2) is 8.37. The molecule has 3 nitrogen and oxygen atoms in total. The van der Waals surface area contributed by atoms with Crippen LogP contribution in [-0.2, 0) is 11.2 Å². The summed E-state index contributed by atoms with van der Waals surface area (Å²) in [4.78, 5) is 12.8. The lowest BCUT2D eigenvalue weighted by atomic mass is 9.73. The number of methoxy groups -OCH3 is 1. The summed E-state index contributed by atoms with van der Waals surface area (Å²) in [5, 5.41) is 3.26. The summed E-state index contributed by atoms with van der Waals surface area (Å²) < 4.78 is 5.19. The molecule has 0 spiro atoms. The molecular formula is C20H33NO2. The largest absolute Gasteiger partial charge is 0.497 e. The average molecular weight is 319 g/mol. The van der Waals surface area contributed by atoms with Crippen molar-refractivity contribution in [2.75, 3.05) is 7.11 Å². The molecule has 0 heterocycles. The Bertz CT molecular complexity index is 485. The van der Waals surface area contributed by atoms with Crippen molar-refractivity contribution >= 4 is 5.91 Å². The van der Waals surface area contributed by atoms with Crippen LogP contribution in [0.1, 0.15) is 53.5 Å². The molecule has 0 unspecified atom stereocenters. The monoisotopic (exact) mass is 319 g/mol. The van der Waals surface area contributed by atoms with Gasteiger partial charge >= 0.3 is 0 Å². The minimum atomic E-state index is -0.0311. The predicted octanol–water partition coefficient (Wildman–Crippen LogP) is 4.45. The first kappa shape index (κ1) is 19.5. The smallest absolute Gasteiger partial charge is 0.224 e. The molecule has 0 aliphatic rings. The van der Waals surface area contributed by atoms with Crippen LogP contribution in [0, 0.1) is 17.3 Å². The molecular weight excluding hydrogens is 286 g/mol. The van der Waals surface area contributed by atoms with Crippen LogP contribution in [0.3, 0.4) is 0 Å². The molecule has 0 bridgehead atoms. The molecule has 0 aliphatic heterocycles. The average Bonchev–Trinajstić information content (AvgIpc) is 2.45. The summed E-state index contributed by atoms with van der Waals surface area (Å²) in [6.07, 6.45) is 1.77. The van der Waals surface area contributed by atoms with Gasteiger partial charge < -0.3 is 10.1 Å². The lowest BCUT2D eigenvalue weighted by Gasteiger charge is -2.34. The number of amides is 1. The third kappa shape index (κ3) is 5.89. The van der Waals surface area contributed by atoms with Crippen LogP contribution in [0.15, 0.2) is 24.3 Å². The first-order valence-corrected chi connectivity index (χ1v) is 8.62. The number of rotatable bonds is 7. The van der Waals surface area contributed by atoms with Gasteiger partial charge in [-0.15, -0.1) is 0 Å². The van der Waals surface area contributed by atoms with Crippen LogP contribution in [0.4, 0.5) is 0 Å². The molecule has 1 amide bonds. The number of hydrogen-bond donors (Lipinski definition) is 1. The zero-order valence-electron chi connectivity index (χ0n) is 15.8. The first-order valence-electron chi connectivity index (χ1n) is 8.62. The van der Waals surface area contributed by atoms with Crippen molar-refractivity contribution in [1.29, 1.82) is 0 Å². The van der Waals surface area contributed by atoms with Crippen molar-refractivity contribution in [3.8, 4) is 5.75 Å². The van der Waals surface area contributed by atoms with Crippen LogP contribution >= 0.6 is 0 Å². The Morgan fingerprint density at radius 3 is 2.13 bits per heavy atom. The van der Waals surface area contributed by atoms with Gasteiger partial charge in [-0.3, -0.25) is 4.79 Å². The summed E-state index contributed by atoms with van der Waals surface area (Å²) in [5.41, 5.74) is 1.19. The number of carbonyl (C=O) groups is 1. The highest BCUT2D eigenvalue weighted by Gasteiger charge is 2.34. The molecule has 2 atom stereocenters. The number of nitrogens with one attached hydrogen (secondary N) is 1. The van der Waals surface area contributed by atoms with Crippen molar-refractivity contribution in [1.82, 2.24) is 5.32 Å². The normalized spacial score (nSPS) is 14.4. The first-order chi connectivity index (χ1) is 10.7. The molecule has 0 aromatic heterocycles. The third-order valence-electron chi connectivity index (χ3n) is 4.36. The van der Waals surface area contributed by atoms with Gasteiger partial charge in [0.25, 0.3) is 0 Å². The van der Waals surface area contributed by atoms with Crippen molar-refractivity contribution in [3.05, 3.63) is 29.8 Å². The minimum absolute atomic E-state index is 0.0208. The Kier molecular flexibility index (Phi) is 7.11. The van der Waals surface area contributed by atoms with Gasteiger partial charge in [-0.25, -0.2) is 0 Å². The molecule has 130 valence electrons. The summed E-state index contributed by atoms with van der Waals surface area (Å²) in [6.45, 7) is 12.8. The van der Waals surface area contributed by atoms with E-state index in [1.807, 2.05) is 12.1 Å². The Morgan fingerprint density at radius 1 is 1.17 bits per heavy atom. The van der Waals surface area contributed by atoms with E-state index in [9.17, 15) is 4.79 Å². The molecule has 1 rings (SSSR count). The second-order valence-electron chi connectivity index (χ2n) is 7.75. The summed E-state index contributed by atoms with van der Waals surface area (Å²) in [6, 6.07) is 8.24. The van der Waals surface area contributed by atoms with Crippen LogP contribution in [0.25, 0.3) is 0 Å². The molecule has 0 saturated heterocycles. The summed E-state index contributed by atoms with van der Waals surface area (Å²) in [5.74, 6) is 1.38. The minimum Gasteiger partial charge on any atom is -0.497 e. The van der Waals surface area contributed by atoms with E-state index in [-0.39, 0.29) is 23.3 Å². The number of carbonyl (C=O) groups excluding carboxylic acids is 1. The van der Waals surface area contributed by atoms with Crippen LogP contribution in [0.2, 0.25) is 0 Å². The highest BCUT2D eigenvalue weighted by molar-refractivity contribution is 5.80. The highest BCUT2D eigenvalue weighted by Crippen LogP contribution is 2.32. The quantitative estimate of drug-likeness (QED) is 0.806. The van der Waals surface area contributed by atoms with Crippen molar-refractivity contribution in [2.45, 2.75) is 60.4 Å². The zero-order valence-corrected chi connectivity index (χ0v) is 15.8. The van der Waals surface area contributed by atoms with E-state index in [2.05, 4.69) is 59.0 Å². The second-order valence-corrected chi connectivity index (χ2v) is 7.75. The van der Waals surface area contributed by atoms with Crippen molar-refractivity contribution in [2.24, 2.45) is 17.3 Å². The van der Waals surface area contributed by atoms with Gasteiger partial charge in [0.1, 0.15) is 5.75 Å². The molecule has 0 fully saturated rings. The fourth-order valence-electron chi connectivity index (χ4n) is 3.33. The van der Waals surface area contributed by atoms with Gasteiger partial charge in [0.05, 0.1) is 7.11 Å². The maximum atomic E-state index is 12.8. The van der Waals surface area contributed by atoms with Gasteiger partial charge in [0, 0.05) is 12.0 Å². The fraction of sp³-hybridized carbons (Fsp3) is 0.650. The van der Waals surface area contributed by atoms with Gasteiger partial charge in [-0.05, 0) is 41.9 Å². The lowest BCUT2D eigenvalue weighted by Crippen LogP contribution is -2.45. The maximum Gasteiger partial charge on any atom is 0.224 e. The Labute approximate surface area is 141 Å². The molecule has 1 aromatic rings. The van der Waals surface area contributed by atoms with E-state index in [4.69, 9.17) is 4.74 Å². The molecule has 0 saturated carbocycles. The standard InChI is InChI=1S/C20H33NO2/c1-8-16(13-15-9-11-17(23-7)12-10-15)21-19(22)18(14(2)3)20(4,5)6/h9-12,14,16,18H,8,13H2,1-7H3,(H,21,22)/t16-,18-/m1/s1. The van der Waals surface area contributed by atoms with Crippen molar-refractivity contribution in [3.63, 3.8) is 0 Å². The SMILES string of the molecule is CC[C@H](Cc1ccc(OC)cc1)NC(=O)[C@@H](C(C)C)C(C)(C)C. The highest BCUT2D eigenvalue weighted by atomic mass is 16.5. The molecule has 0 radical (unpaired) electrons. The molecule has 1 N–H and O–H groups in total. The zero-order chi connectivity index (χ0) is 17.6. The van der Waals surface area contributed by atoms with E-state index < -0.39 is 0 Å². The van der Waals surface area contributed by atoms with E-state index >= 15 is 0 Å². The molecule has 0 aliphatic carbocycles. The third-order valence-corrected chi connectivity index (χ3v) is 4.36. The topological polar surface area (TPSA) is 38.3 Å². The Balaban J connectivity index is 2.75. The van der Waals surface area contributed by atoms with Gasteiger partial charge in [-0.2, -0.15) is 0 Å². The van der Waals surface area contributed by atoms with Gasteiger partial charge in [0.2, 0.25) is 5.91 Å². The van der Waals surface area contributed by atoms with Crippen LogP contribution in [-0.4, -0.2) is 19.1 Å². The van der Waals surface area contributed by atoms with Gasteiger partial charge in [0.15, 0.2) is 0 Å². The van der Waals surface area contributed by atoms with Crippen LogP contribution in [0.5, 0.6) is 5.75 Å². The van der Waals surface area contributed by atoms with E-state index in [0.717, 1.165) is 18.6 Å². The number of hydrogen-bond acceptors (Lipinski definition) is 2. The summed E-state index contributed by atoms with van der Waals surface area (Å²) in [7, 11) is 1.67. The van der Waals surface area contributed by atoms with E-state index in [1.54, 1.807) is 7.11 Å². The summed E-state index contributed by atoms with van der Waals surface area (Å²) >= 11 is 0. The van der Waals surface area contributed by atoms with Crippen molar-refractivity contribution < 1.29 is 9.53 Å². The van der Waals surface area contributed by atoms with Crippen LogP contribution < -0.4 is 10.1 Å². The number of ether oxygens (including phenoxy) is 1. The maximum absolute atomic E-state index is 12.8. The lowest BCUT2D eigenvalue weighted by molar-refractivity contribution is -0.130. The number of benzene rings is 1. The predicted molar refractivity (Wildman–Crippen MR) is 96.7 cm³/mol. The molecule has 3 heteroatoms. The Hall–Kier alpha value is -1.51. The fourth-order valence-corrected chi connectivity index (χ4v) is 3.33. The van der Waals surface area contributed by atoms with Gasteiger partial charge in [-0.1, -0.05) is 53.7 Å². The molecule has 1 aromatic carbocycles. The van der Waals surface area contributed by atoms with E-state index in [0.29, 0.717) is 5.92 Å². The molecule has 23 heavy (non-hydrogen) atoms. The van der Waals surface area contributed by atoms with E-state index in [1.165, 1.54) is 5.56 Å². The Morgan fingerprint density at radius 2 is 1.74 bits per heavy atom.